The Morgan fingerprint density at radius 2 is 1.12 bits per heavy atom. The lowest BCUT2D eigenvalue weighted by Gasteiger charge is -2.34. The summed E-state index contributed by atoms with van der Waals surface area (Å²) in [7, 11) is 0. The fourth-order valence-corrected chi connectivity index (χ4v) is 1.79. The first-order valence-corrected chi connectivity index (χ1v) is 6.02. The van der Waals surface area contributed by atoms with E-state index < -0.39 is 59.3 Å². The van der Waals surface area contributed by atoms with Gasteiger partial charge in [0, 0.05) is 0 Å². The first kappa shape index (κ1) is 22.7. The topological polar surface area (TPSA) is 12.5 Å². The molecule has 1 fully saturated rings. The summed E-state index contributed by atoms with van der Waals surface area (Å²) in [5, 5.41) is 0. The Balaban J connectivity index is 3.66. The van der Waals surface area contributed by atoms with Crippen LogP contribution in [0.1, 0.15) is 6.92 Å². The van der Waals surface area contributed by atoms with Gasteiger partial charge >= 0.3 is 36.1 Å². The summed E-state index contributed by atoms with van der Waals surface area (Å²) in [6, 6.07) is -21.4. The largest absolute Gasteiger partial charge is 0.412 e. The van der Waals surface area contributed by atoms with Crippen LogP contribution in [0.4, 0.5) is 61.5 Å². The molecule has 0 saturated carbocycles. The van der Waals surface area contributed by atoms with Gasteiger partial charge in [0.2, 0.25) is 11.7 Å². The van der Waals surface area contributed by atoms with Crippen molar-refractivity contribution < 1.29 is 66.2 Å². The standard InChI is InChI=1S/C10H5F14NO/c1-2-26-6(15,16)4(12)3(11)5(13,14)25-9(21,22)7(17,18)8(19,20)10(25,23)24/h2H2,1H3/b4-3+. The summed E-state index contributed by atoms with van der Waals surface area (Å²) in [5.74, 6) is -22.9. The van der Waals surface area contributed by atoms with Gasteiger partial charge in [0.15, 0.2) is 0 Å². The molecule has 1 saturated heterocycles. The van der Waals surface area contributed by atoms with Crippen molar-refractivity contribution in [2.45, 2.75) is 43.0 Å². The SMILES string of the molecule is CCOC(F)(F)/C(F)=C(\F)C(F)(F)N1C(F)(F)C(F)(F)C(F)(F)C1(F)F. The van der Waals surface area contributed by atoms with Crippen molar-refractivity contribution in [3.8, 4) is 0 Å². The molecule has 0 aromatic heterocycles. The molecule has 26 heavy (non-hydrogen) atoms. The van der Waals surface area contributed by atoms with Gasteiger partial charge in [-0.15, -0.1) is 4.90 Å². The Labute approximate surface area is 134 Å². The van der Waals surface area contributed by atoms with Crippen LogP contribution in [-0.2, 0) is 4.74 Å². The van der Waals surface area contributed by atoms with E-state index in [1.165, 1.54) is 0 Å². The van der Waals surface area contributed by atoms with E-state index in [-0.39, 0.29) is 0 Å². The molecule has 1 heterocycles. The van der Waals surface area contributed by atoms with Gasteiger partial charge in [-0.2, -0.15) is 57.1 Å². The van der Waals surface area contributed by atoms with Crippen molar-refractivity contribution in [3.63, 3.8) is 0 Å². The quantitative estimate of drug-likeness (QED) is 0.451. The summed E-state index contributed by atoms with van der Waals surface area (Å²) < 4.78 is 186. The molecule has 0 aromatic carbocycles. The molecule has 1 aliphatic heterocycles. The highest BCUT2D eigenvalue weighted by atomic mass is 19.4. The third-order valence-corrected chi connectivity index (χ3v) is 3.03. The molecule has 0 aromatic rings. The number of likely N-dealkylation sites (tertiary alicyclic amines) is 1. The molecule has 2 nitrogen and oxygen atoms in total. The van der Waals surface area contributed by atoms with Gasteiger partial charge in [0.1, 0.15) is 0 Å². The van der Waals surface area contributed by atoms with Crippen molar-refractivity contribution >= 4 is 0 Å². The van der Waals surface area contributed by atoms with Crippen molar-refractivity contribution in [3.05, 3.63) is 11.7 Å². The zero-order chi connectivity index (χ0) is 21.1. The zero-order valence-electron chi connectivity index (χ0n) is 11.9. The molecule has 0 radical (unpaired) electrons. The van der Waals surface area contributed by atoms with E-state index in [1.807, 2.05) is 0 Å². The average molecular weight is 421 g/mol. The van der Waals surface area contributed by atoms with Gasteiger partial charge in [0.25, 0.3) is 0 Å². The maximum Gasteiger partial charge on any atom is 0.412 e. The van der Waals surface area contributed by atoms with E-state index in [4.69, 9.17) is 0 Å². The number of nitrogens with zero attached hydrogens (tertiary/aromatic N) is 1. The fraction of sp³-hybridized carbons (Fsp3) is 0.800. The minimum Gasteiger partial charge on any atom is -0.315 e. The Hall–Kier alpha value is -1.32. The number of ether oxygens (including phenoxy) is 1. The summed E-state index contributed by atoms with van der Waals surface area (Å²) >= 11 is 0. The normalized spacial score (nSPS) is 26.0. The second-order valence-corrected chi connectivity index (χ2v) is 4.69. The highest BCUT2D eigenvalue weighted by Gasteiger charge is 2.96. The lowest BCUT2D eigenvalue weighted by molar-refractivity contribution is -0.356. The van der Waals surface area contributed by atoms with Crippen LogP contribution >= 0.6 is 0 Å². The highest BCUT2D eigenvalue weighted by molar-refractivity contribution is 5.21. The van der Waals surface area contributed by atoms with Crippen LogP contribution in [0.2, 0.25) is 0 Å². The Bertz CT molecular complexity index is 571. The average Bonchev–Trinajstić information content (AvgIpc) is 2.50. The number of rotatable bonds is 5. The minimum atomic E-state index is -7.20. The van der Waals surface area contributed by atoms with Gasteiger partial charge in [-0.1, -0.05) is 0 Å². The van der Waals surface area contributed by atoms with Crippen LogP contribution in [-0.4, -0.2) is 47.6 Å². The zero-order valence-corrected chi connectivity index (χ0v) is 11.9. The molecule has 0 amide bonds. The van der Waals surface area contributed by atoms with E-state index in [0.29, 0.717) is 6.92 Å². The minimum absolute atomic E-state index is 0.682. The molecule has 1 aliphatic rings. The fourth-order valence-electron chi connectivity index (χ4n) is 1.79. The van der Waals surface area contributed by atoms with Crippen molar-refractivity contribution in [1.82, 2.24) is 4.90 Å². The molecule has 0 unspecified atom stereocenters. The molecule has 0 bridgehead atoms. The number of halogens is 14. The lowest BCUT2D eigenvalue weighted by atomic mass is 10.2. The molecule has 0 atom stereocenters. The maximum absolute atomic E-state index is 13.5. The second kappa shape index (κ2) is 5.84. The lowest BCUT2D eigenvalue weighted by Crippen LogP contribution is -2.59. The van der Waals surface area contributed by atoms with Crippen molar-refractivity contribution in [2.75, 3.05) is 6.61 Å². The second-order valence-electron chi connectivity index (χ2n) is 4.69. The van der Waals surface area contributed by atoms with Crippen molar-refractivity contribution in [2.24, 2.45) is 0 Å². The van der Waals surface area contributed by atoms with Crippen LogP contribution in [0, 0.1) is 0 Å². The van der Waals surface area contributed by atoms with Gasteiger partial charge in [0.05, 0.1) is 6.61 Å². The molecule has 16 heteroatoms. The summed E-state index contributed by atoms with van der Waals surface area (Å²) in [5.41, 5.74) is 0. The van der Waals surface area contributed by atoms with Gasteiger partial charge in [-0.3, -0.25) is 0 Å². The van der Waals surface area contributed by atoms with E-state index in [2.05, 4.69) is 4.74 Å². The number of hydrogen-bond acceptors (Lipinski definition) is 2. The predicted octanol–water partition coefficient (Wildman–Crippen LogP) is 5.13. The summed E-state index contributed by atoms with van der Waals surface area (Å²) in [4.78, 5) is -3.66. The van der Waals surface area contributed by atoms with E-state index in [1.54, 1.807) is 0 Å². The van der Waals surface area contributed by atoms with Gasteiger partial charge in [-0.25, -0.2) is 4.39 Å². The summed E-state index contributed by atoms with van der Waals surface area (Å²) in [6.45, 7) is -0.521. The Morgan fingerprint density at radius 1 is 0.769 bits per heavy atom. The molecular weight excluding hydrogens is 416 g/mol. The highest BCUT2D eigenvalue weighted by Crippen LogP contribution is 2.66. The molecule has 1 rings (SSSR count). The third kappa shape index (κ3) is 2.63. The molecular formula is C10H5F14NO. The third-order valence-electron chi connectivity index (χ3n) is 3.03. The number of hydrogen-bond donors (Lipinski definition) is 0. The first-order chi connectivity index (χ1) is 11.2. The molecule has 0 spiro atoms. The van der Waals surface area contributed by atoms with Crippen LogP contribution in [0.5, 0.6) is 0 Å². The monoisotopic (exact) mass is 421 g/mol. The molecule has 154 valence electrons. The predicted molar refractivity (Wildman–Crippen MR) is 52.4 cm³/mol. The van der Waals surface area contributed by atoms with Crippen LogP contribution in [0.25, 0.3) is 0 Å². The smallest absolute Gasteiger partial charge is 0.315 e. The first-order valence-electron chi connectivity index (χ1n) is 6.02. The van der Waals surface area contributed by atoms with Gasteiger partial charge < -0.3 is 4.74 Å². The van der Waals surface area contributed by atoms with Gasteiger partial charge in [-0.05, 0) is 6.92 Å². The Morgan fingerprint density at radius 3 is 1.42 bits per heavy atom. The Kier molecular flexibility index (Phi) is 5.10. The maximum atomic E-state index is 13.5. The molecule has 0 aliphatic carbocycles. The number of alkyl halides is 12. The van der Waals surface area contributed by atoms with E-state index in [9.17, 15) is 61.5 Å². The van der Waals surface area contributed by atoms with Crippen LogP contribution < -0.4 is 0 Å². The van der Waals surface area contributed by atoms with E-state index >= 15 is 0 Å². The van der Waals surface area contributed by atoms with Crippen molar-refractivity contribution in [1.29, 1.82) is 0 Å². The van der Waals surface area contributed by atoms with Crippen LogP contribution in [0.3, 0.4) is 0 Å². The van der Waals surface area contributed by atoms with Crippen LogP contribution in [0.15, 0.2) is 11.7 Å². The molecule has 0 N–H and O–H groups in total. The summed E-state index contributed by atoms with van der Waals surface area (Å²) in [6.07, 6.45) is -5.63. The van der Waals surface area contributed by atoms with E-state index in [0.717, 1.165) is 0 Å².